The zero-order valence-corrected chi connectivity index (χ0v) is 19.2. The smallest absolute Gasteiger partial charge is 0.238 e. The zero-order valence-electron chi connectivity index (χ0n) is 16.1. The Bertz CT molecular complexity index is 949. The second-order valence-electron chi connectivity index (χ2n) is 6.30. The topological polar surface area (TPSA) is 115 Å². The van der Waals surface area contributed by atoms with Gasteiger partial charge in [-0.15, -0.1) is 24.0 Å². The van der Waals surface area contributed by atoms with Gasteiger partial charge in [0.2, 0.25) is 16.8 Å². The number of aliphatic imine (C=N–C) groups is 1. The van der Waals surface area contributed by atoms with Crippen LogP contribution in [0, 0.1) is 0 Å². The molecular formula is C19H25IN4O4S. The molecule has 29 heavy (non-hydrogen) atoms. The molecular weight excluding hydrogens is 507 g/mol. The molecule has 0 bridgehead atoms. The molecule has 0 atom stereocenters. The van der Waals surface area contributed by atoms with Gasteiger partial charge < -0.3 is 20.1 Å². The summed E-state index contributed by atoms with van der Waals surface area (Å²) >= 11 is 0. The van der Waals surface area contributed by atoms with E-state index in [0.29, 0.717) is 12.5 Å². The molecule has 0 fully saturated rings. The van der Waals surface area contributed by atoms with Crippen molar-refractivity contribution in [3.05, 3.63) is 53.6 Å². The van der Waals surface area contributed by atoms with E-state index in [1.165, 1.54) is 12.1 Å². The normalized spacial score (nSPS) is 13.0. The molecule has 8 nitrogen and oxygen atoms in total. The highest BCUT2D eigenvalue weighted by Gasteiger charge is 2.13. The summed E-state index contributed by atoms with van der Waals surface area (Å²) in [7, 11) is -1.93. The Kier molecular flexibility index (Phi) is 8.53. The van der Waals surface area contributed by atoms with Crippen molar-refractivity contribution in [2.75, 3.05) is 26.9 Å². The van der Waals surface area contributed by atoms with Gasteiger partial charge in [0.25, 0.3) is 0 Å². The van der Waals surface area contributed by atoms with Crippen molar-refractivity contribution < 1.29 is 17.9 Å². The van der Waals surface area contributed by atoms with Crippen LogP contribution in [-0.4, -0.2) is 41.3 Å². The molecule has 158 valence electrons. The van der Waals surface area contributed by atoms with Crippen LogP contribution >= 0.6 is 24.0 Å². The number of rotatable bonds is 7. The van der Waals surface area contributed by atoms with Crippen LogP contribution in [0.3, 0.4) is 0 Å². The fourth-order valence-electron chi connectivity index (χ4n) is 2.81. The van der Waals surface area contributed by atoms with Crippen LogP contribution in [-0.2, 0) is 22.9 Å². The lowest BCUT2D eigenvalue weighted by molar-refractivity contribution is 0.174. The summed E-state index contributed by atoms with van der Waals surface area (Å²) in [6.45, 7) is 1.67. The predicted octanol–water partition coefficient (Wildman–Crippen LogP) is 1.63. The average Bonchev–Trinajstić information content (AvgIpc) is 3.14. The number of hydrogen-bond acceptors (Lipinski definition) is 5. The second-order valence-corrected chi connectivity index (χ2v) is 7.86. The van der Waals surface area contributed by atoms with Crippen LogP contribution in [0.15, 0.2) is 52.4 Å². The van der Waals surface area contributed by atoms with E-state index in [2.05, 4.69) is 15.6 Å². The minimum absolute atomic E-state index is 0. The van der Waals surface area contributed by atoms with E-state index in [4.69, 9.17) is 14.6 Å². The lowest BCUT2D eigenvalue weighted by Crippen LogP contribution is -2.39. The number of hydrogen-bond donors (Lipinski definition) is 3. The molecule has 0 unspecified atom stereocenters. The van der Waals surface area contributed by atoms with Crippen molar-refractivity contribution in [1.29, 1.82) is 0 Å². The molecule has 0 aromatic heterocycles. The Hall–Kier alpha value is -2.05. The van der Waals surface area contributed by atoms with Gasteiger partial charge in [0, 0.05) is 20.1 Å². The number of nitrogens with two attached hydrogens (primary N) is 1. The number of sulfonamides is 1. The maximum absolute atomic E-state index is 11.3. The number of benzene rings is 2. The Morgan fingerprint density at radius 3 is 2.21 bits per heavy atom. The largest absolute Gasteiger partial charge is 0.454 e. The summed E-state index contributed by atoms with van der Waals surface area (Å²) in [5.74, 6) is 2.28. The maximum Gasteiger partial charge on any atom is 0.238 e. The molecule has 0 aliphatic carbocycles. The van der Waals surface area contributed by atoms with Crippen LogP contribution in [0.4, 0.5) is 0 Å². The van der Waals surface area contributed by atoms with Crippen LogP contribution in [0.1, 0.15) is 11.1 Å². The lowest BCUT2D eigenvalue weighted by Gasteiger charge is -2.12. The molecule has 10 heteroatoms. The van der Waals surface area contributed by atoms with E-state index in [0.717, 1.165) is 42.0 Å². The molecule has 0 saturated heterocycles. The minimum atomic E-state index is -3.65. The first-order chi connectivity index (χ1) is 13.5. The standard InChI is InChI=1S/C19H24N4O4S.HI/c1-21-19(22-10-8-14-2-5-16(6-3-14)28(20,24)25)23-11-9-15-4-7-17-18(12-15)27-13-26-17;/h2-7,12H,8-11,13H2,1H3,(H2,20,24,25)(H2,21,22,23);1H. The van der Waals surface area contributed by atoms with Gasteiger partial charge in [-0.2, -0.15) is 0 Å². The number of primary sulfonamides is 1. The minimum Gasteiger partial charge on any atom is -0.454 e. The third-order valence-corrected chi connectivity index (χ3v) is 5.25. The predicted molar refractivity (Wildman–Crippen MR) is 123 cm³/mol. The van der Waals surface area contributed by atoms with E-state index in [9.17, 15) is 8.42 Å². The SMILES string of the molecule is CN=C(NCCc1ccc(S(N)(=O)=O)cc1)NCCc1ccc2c(c1)OCO2.I. The average molecular weight is 532 g/mol. The van der Waals surface area contributed by atoms with Gasteiger partial charge in [-0.3, -0.25) is 4.99 Å². The molecule has 1 aliphatic heterocycles. The highest BCUT2D eigenvalue weighted by Crippen LogP contribution is 2.32. The fourth-order valence-corrected chi connectivity index (χ4v) is 3.33. The molecule has 1 aliphatic rings. The number of halogens is 1. The van der Waals surface area contributed by atoms with Gasteiger partial charge >= 0.3 is 0 Å². The summed E-state index contributed by atoms with van der Waals surface area (Å²) in [6.07, 6.45) is 1.56. The van der Waals surface area contributed by atoms with Crippen LogP contribution in [0.25, 0.3) is 0 Å². The monoisotopic (exact) mass is 532 g/mol. The van der Waals surface area contributed by atoms with Crippen molar-refractivity contribution in [3.8, 4) is 11.5 Å². The van der Waals surface area contributed by atoms with Crippen molar-refractivity contribution >= 4 is 40.0 Å². The van der Waals surface area contributed by atoms with Crippen LogP contribution < -0.4 is 25.2 Å². The number of fused-ring (bicyclic) bond motifs is 1. The summed E-state index contributed by atoms with van der Waals surface area (Å²) in [5.41, 5.74) is 2.16. The zero-order chi connectivity index (χ0) is 20.0. The molecule has 2 aromatic carbocycles. The van der Waals surface area contributed by atoms with E-state index >= 15 is 0 Å². The van der Waals surface area contributed by atoms with Gasteiger partial charge in [0.1, 0.15) is 0 Å². The highest BCUT2D eigenvalue weighted by atomic mass is 127. The molecule has 4 N–H and O–H groups in total. The van der Waals surface area contributed by atoms with E-state index in [1.807, 2.05) is 18.2 Å². The van der Waals surface area contributed by atoms with Crippen LogP contribution in [0.5, 0.6) is 11.5 Å². The summed E-state index contributed by atoms with van der Waals surface area (Å²) in [4.78, 5) is 4.32. The highest BCUT2D eigenvalue weighted by molar-refractivity contribution is 14.0. The van der Waals surface area contributed by atoms with Crippen molar-refractivity contribution in [2.24, 2.45) is 10.1 Å². The molecule has 1 heterocycles. The van der Waals surface area contributed by atoms with Crippen molar-refractivity contribution in [2.45, 2.75) is 17.7 Å². The van der Waals surface area contributed by atoms with Gasteiger partial charge in [0.15, 0.2) is 17.5 Å². The van der Waals surface area contributed by atoms with Gasteiger partial charge in [0.05, 0.1) is 4.90 Å². The first-order valence-electron chi connectivity index (χ1n) is 8.90. The number of nitrogens with zero attached hydrogens (tertiary/aromatic N) is 1. The Morgan fingerprint density at radius 1 is 1.00 bits per heavy atom. The third-order valence-electron chi connectivity index (χ3n) is 4.32. The van der Waals surface area contributed by atoms with Crippen LogP contribution in [0.2, 0.25) is 0 Å². The number of nitrogens with one attached hydrogen (secondary N) is 2. The van der Waals surface area contributed by atoms with E-state index in [-0.39, 0.29) is 35.7 Å². The Balaban J connectivity index is 0.00000300. The second kappa shape index (κ2) is 10.6. The molecule has 3 rings (SSSR count). The van der Waals surface area contributed by atoms with Gasteiger partial charge in [-0.25, -0.2) is 13.6 Å². The fraction of sp³-hybridized carbons (Fsp3) is 0.316. The van der Waals surface area contributed by atoms with E-state index < -0.39 is 10.0 Å². The quantitative estimate of drug-likeness (QED) is 0.284. The third kappa shape index (κ3) is 6.75. The molecule has 0 saturated carbocycles. The first-order valence-corrected chi connectivity index (χ1v) is 10.4. The molecule has 0 spiro atoms. The molecule has 2 aromatic rings. The Morgan fingerprint density at radius 2 is 1.59 bits per heavy atom. The van der Waals surface area contributed by atoms with Gasteiger partial charge in [-0.05, 0) is 48.2 Å². The molecule has 0 radical (unpaired) electrons. The molecule has 0 amide bonds. The summed E-state index contributed by atoms with van der Waals surface area (Å²) in [5, 5.41) is 11.6. The first kappa shape index (κ1) is 23.2. The lowest BCUT2D eigenvalue weighted by atomic mass is 10.1. The maximum atomic E-state index is 11.3. The van der Waals surface area contributed by atoms with Gasteiger partial charge in [-0.1, -0.05) is 18.2 Å². The number of guanidine groups is 1. The van der Waals surface area contributed by atoms with E-state index in [1.54, 1.807) is 19.2 Å². The summed E-state index contributed by atoms with van der Waals surface area (Å²) < 4.78 is 33.3. The van der Waals surface area contributed by atoms with Crippen molar-refractivity contribution in [1.82, 2.24) is 10.6 Å². The summed E-state index contributed by atoms with van der Waals surface area (Å²) in [6, 6.07) is 12.5. The Labute approximate surface area is 188 Å². The van der Waals surface area contributed by atoms with Crippen molar-refractivity contribution in [3.63, 3.8) is 0 Å². The number of ether oxygens (including phenoxy) is 2.